The molecular weight excluding hydrogens is 314 g/mol. The fourth-order valence-corrected chi connectivity index (χ4v) is 5.64. The number of hydrogen-bond acceptors (Lipinski definition) is 3. The molecule has 4 aliphatic carbocycles. The van der Waals surface area contributed by atoms with Gasteiger partial charge in [0, 0.05) is 5.54 Å². The van der Waals surface area contributed by atoms with Gasteiger partial charge in [-0.05, 0) is 74.8 Å². The molecular formula is C21H29NO3. The molecule has 1 N–H and O–H groups in total. The van der Waals surface area contributed by atoms with Crippen molar-refractivity contribution in [1.29, 1.82) is 0 Å². The minimum atomic E-state index is 0.00671. The summed E-state index contributed by atoms with van der Waals surface area (Å²) in [5.74, 6) is 3.86. The minimum Gasteiger partial charge on any atom is -0.490 e. The molecule has 0 unspecified atom stereocenters. The molecule has 1 amide bonds. The Hall–Kier alpha value is -1.71. The van der Waals surface area contributed by atoms with Crippen molar-refractivity contribution in [2.75, 3.05) is 13.2 Å². The Morgan fingerprint density at radius 1 is 1.04 bits per heavy atom. The van der Waals surface area contributed by atoms with Crippen molar-refractivity contribution >= 4 is 5.91 Å². The van der Waals surface area contributed by atoms with E-state index in [0.29, 0.717) is 18.1 Å². The van der Waals surface area contributed by atoms with Gasteiger partial charge in [-0.25, -0.2) is 0 Å². The molecule has 4 fully saturated rings. The third kappa shape index (κ3) is 3.63. The van der Waals surface area contributed by atoms with Gasteiger partial charge in [-0.2, -0.15) is 0 Å². The van der Waals surface area contributed by atoms with Crippen molar-refractivity contribution in [3.05, 3.63) is 24.3 Å². The van der Waals surface area contributed by atoms with Crippen LogP contribution in [0.5, 0.6) is 11.5 Å². The van der Waals surface area contributed by atoms with Gasteiger partial charge >= 0.3 is 0 Å². The van der Waals surface area contributed by atoms with Gasteiger partial charge < -0.3 is 14.8 Å². The summed E-state index contributed by atoms with van der Waals surface area (Å²) in [7, 11) is 0. The van der Waals surface area contributed by atoms with Gasteiger partial charge in [-0.1, -0.05) is 19.1 Å². The molecule has 0 radical (unpaired) electrons. The van der Waals surface area contributed by atoms with Gasteiger partial charge in [0.05, 0.1) is 6.61 Å². The summed E-state index contributed by atoms with van der Waals surface area (Å²) < 4.78 is 11.5. The second-order valence-corrected chi connectivity index (χ2v) is 8.33. The maximum atomic E-state index is 12.5. The summed E-state index contributed by atoms with van der Waals surface area (Å²) in [6.07, 6.45) is 8.60. The van der Waals surface area contributed by atoms with E-state index in [9.17, 15) is 4.79 Å². The monoisotopic (exact) mass is 343 g/mol. The fourth-order valence-electron chi connectivity index (χ4n) is 5.64. The zero-order valence-electron chi connectivity index (χ0n) is 15.1. The molecule has 0 spiro atoms. The average Bonchev–Trinajstić information content (AvgIpc) is 2.57. The summed E-state index contributed by atoms with van der Waals surface area (Å²) in [5, 5.41) is 3.35. The van der Waals surface area contributed by atoms with E-state index in [1.165, 1.54) is 38.5 Å². The van der Waals surface area contributed by atoms with Crippen LogP contribution in [0.2, 0.25) is 0 Å². The van der Waals surface area contributed by atoms with Gasteiger partial charge in [-0.3, -0.25) is 4.79 Å². The molecule has 25 heavy (non-hydrogen) atoms. The Labute approximate surface area is 150 Å². The molecule has 5 rings (SSSR count). The van der Waals surface area contributed by atoms with Gasteiger partial charge in [0.1, 0.15) is 0 Å². The molecule has 0 aliphatic heterocycles. The van der Waals surface area contributed by atoms with E-state index in [-0.39, 0.29) is 18.1 Å². The summed E-state index contributed by atoms with van der Waals surface area (Å²) in [6.45, 7) is 2.79. The first-order chi connectivity index (χ1) is 12.2. The largest absolute Gasteiger partial charge is 0.490 e. The van der Waals surface area contributed by atoms with Gasteiger partial charge in [0.25, 0.3) is 5.91 Å². The number of amides is 1. The highest BCUT2D eigenvalue weighted by Gasteiger charge is 2.51. The molecule has 136 valence electrons. The van der Waals surface area contributed by atoms with Crippen LogP contribution in [0.4, 0.5) is 0 Å². The number of carbonyl (C=O) groups is 1. The lowest BCUT2D eigenvalue weighted by Gasteiger charge is -2.56. The maximum absolute atomic E-state index is 12.5. The Kier molecular flexibility index (Phi) is 4.61. The first kappa shape index (κ1) is 16.7. The SMILES string of the molecule is CCCOc1ccccc1OCC(=O)NC12CC3CC(CC(C3)C1)C2. The van der Waals surface area contributed by atoms with Crippen molar-refractivity contribution in [2.45, 2.75) is 57.4 Å². The van der Waals surface area contributed by atoms with Crippen LogP contribution in [0, 0.1) is 17.8 Å². The summed E-state index contributed by atoms with van der Waals surface area (Å²) >= 11 is 0. The third-order valence-electron chi connectivity index (χ3n) is 6.11. The Morgan fingerprint density at radius 2 is 1.60 bits per heavy atom. The van der Waals surface area contributed by atoms with Crippen LogP contribution in [0.1, 0.15) is 51.9 Å². The standard InChI is InChI=1S/C21H29NO3/c1-2-7-24-18-5-3-4-6-19(18)25-14-20(23)22-21-11-15-8-16(12-21)10-17(9-15)13-21/h3-6,15-17H,2,7-14H2,1H3,(H,22,23). The van der Waals surface area contributed by atoms with Crippen LogP contribution in [0.3, 0.4) is 0 Å². The third-order valence-corrected chi connectivity index (χ3v) is 6.11. The second kappa shape index (κ2) is 6.89. The second-order valence-electron chi connectivity index (χ2n) is 8.33. The van der Waals surface area contributed by atoms with Crippen LogP contribution < -0.4 is 14.8 Å². The number of carbonyl (C=O) groups excluding carboxylic acids is 1. The van der Waals surface area contributed by atoms with E-state index in [2.05, 4.69) is 12.2 Å². The normalized spacial score (nSPS) is 32.4. The Morgan fingerprint density at radius 3 is 2.16 bits per heavy atom. The van der Waals surface area contributed by atoms with Crippen LogP contribution in [0.25, 0.3) is 0 Å². The number of rotatable bonds is 7. The zero-order valence-corrected chi connectivity index (χ0v) is 15.1. The van der Waals surface area contributed by atoms with E-state index >= 15 is 0 Å². The molecule has 4 saturated carbocycles. The molecule has 0 atom stereocenters. The quantitative estimate of drug-likeness (QED) is 0.816. The predicted molar refractivity (Wildman–Crippen MR) is 96.8 cm³/mol. The number of ether oxygens (including phenoxy) is 2. The van der Waals surface area contributed by atoms with E-state index in [1.807, 2.05) is 24.3 Å². The smallest absolute Gasteiger partial charge is 0.258 e. The van der Waals surface area contributed by atoms with Gasteiger partial charge in [0.2, 0.25) is 0 Å². The van der Waals surface area contributed by atoms with Crippen molar-refractivity contribution in [2.24, 2.45) is 17.8 Å². The number of para-hydroxylation sites is 2. The minimum absolute atomic E-state index is 0.00671. The Balaban J connectivity index is 1.34. The van der Waals surface area contributed by atoms with Crippen LogP contribution in [-0.4, -0.2) is 24.7 Å². The van der Waals surface area contributed by atoms with E-state index in [0.717, 1.165) is 24.2 Å². The average molecular weight is 343 g/mol. The van der Waals surface area contributed by atoms with E-state index in [4.69, 9.17) is 9.47 Å². The highest BCUT2D eigenvalue weighted by Crippen LogP contribution is 2.55. The summed E-state index contributed by atoms with van der Waals surface area (Å²) in [6, 6.07) is 7.59. The molecule has 4 aliphatic rings. The summed E-state index contributed by atoms with van der Waals surface area (Å²) in [5.41, 5.74) is 0.0490. The zero-order chi connectivity index (χ0) is 17.3. The first-order valence-electron chi connectivity index (χ1n) is 9.81. The highest BCUT2D eigenvalue weighted by molar-refractivity contribution is 5.78. The molecule has 4 bridgehead atoms. The summed E-state index contributed by atoms with van der Waals surface area (Å²) in [4.78, 5) is 12.5. The van der Waals surface area contributed by atoms with Crippen molar-refractivity contribution < 1.29 is 14.3 Å². The van der Waals surface area contributed by atoms with Gasteiger partial charge in [-0.15, -0.1) is 0 Å². The molecule has 4 heteroatoms. The molecule has 0 saturated heterocycles. The topological polar surface area (TPSA) is 47.6 Å². The number of nitrogens with one attached hydrogen (secondary N) is 1. The van der Waals surface area contributed by atoms with Crippen molar-refractivity contribution in [3.8, 4) is 11.5 Å². The van der Waals surface area contributed by atoms with Crippen LogP contribution in [-0.2, 0) is 4.79 Å². The first-order valence-corrected chi connectivity index (χ1v) is 9.81. The lowest BCUT2D eigenvalue weighted by molar-refractivity contribution is -0.128. The number of benzene rings is 1. The molecule has 0 aromatic heterocycles. The van der Waals surface area contributed by atoms with Crippen LogP contribution >= 0.6 is 0 Å². The molecule has 1 aromatic rings. The van der Waals surface area contributed by atoms with Crippen molar-refractivity contribution in [1.82, 2.24) is 5.32 Å². The molecule has 1 aromatic carbocycles. The number of hydrogen-bond donors (Lipinski definition) is 1. The van der Waals surface area contributed by atoms with Crippen LogP contribution in [0.15, 0.2) is 24.3 Å². The predicted octanol–water partition coefficient (Wildman–Crippen LogP) is 3.94. The van der Waals surface area contributed by atoms with E-state index < -0.39 is 0 Å². The maximum Gasteiger partial charge on any atom is 0.258 e. The lowest BCUT2D eigenvalue weighted by atomic mass is 9.53. The molecule has 4 nitrogen and oxygen atoms in total. The highest BCUT2D eigenvalue weighted by atomic mass is 16.5. The van der Waals surface area contributed by atoms with Gasteiger partial charge in [0.15, 0.2) is 18.1 Å². The Bertz CT molecular complexity index is 592. The molecule has 0 heterocycles. The fraction of sp³-hybridized carbons (Fsp3) is 0.667. The lowest BCUT2D eigenvalue weighted by Crippen LogP contribution is -2.60. The van der Waals surface area contributed by atoms with Crippen molar-refractivity contribution in [3.63, 3.8) is 0 Å². The van der Waals surface area contributed by atoms with E-state index in [1.54, 1.807) is 0 Å².